The molecule has 0 spiro atoms. The molecule has 0 aliphatic carbocycles. The van der Waals surface area contributed by atoms with Crippen LogP contribution >= 0.6 is 23.1 Å². The molecule has 7 heteroatoms. The fourth-order valence-electron chi connectivity index (χ4n) is 3.09. The van der Waals surface area contributed by atoms with Gasteiger partial charge >= 0.3 is 0 Å². The molecule has 0 atom stereocenters. The van der Waals surface area contributed by atoms with Crippen LogP contribution < -0.4 is 5.32 Å². The maximum Gasteiger partial charge on any atom is 0.234 e. The summed E-state index contributed by atoms with van der Waals surface area (Å²) < 4.78 is 2.08. The second kappa shape index (κ2) is 8.58. The van der Waals surface area contributed by atoms with Gasteiger partial charge in [-0.15, -0.1) is 21.5 Å². The van der Waals surface area contributed by atoms with Gasteiger partial charge in [0.05, 0.1) is 5.75 Å². The Balaban J connectivity index is 1.43. The van der Waals surface area contributed by atoms with E-state index in [1.54, 1.807) is 11.3 Å². The highest BCUT2D eigenvalue weighted by atomic mass is 32.2. The SMILES string of the molecule is CCn1c(Cc2cccs2)nnc1SCC(=O)Nc1cccc2ccccc12. The van der Waals surface area contributed by atoms with E-state index in [0.717, 1.165) is 40.4 Å². The van der Waals surface area contributed by atoms with Gasteiger partial charge < -0.3 is 9.88 Å². The van der Waals surface area contributed by atoms with Crippen molar-refractivity contribution >= 4 is 45.5 Å². The van der Waals surface area contributed by atoms with Crippen molar-refractivity contribution in [1.29, 1.82) is 0 Å². The van der Waals surface area contributed by atoms with E-state index in [1.165, 1.54) is 16.6 Å². The largest absolute Gasteiger partial charge is 0.325 e. The summed E-state index contributed by atoms with van der Waals surface area (Å²) in [4.78, 5) is 13.8. The first kappa shape index (κ1) is 18.7. The highest BCUT2D eigenvalue weighted by Gasteiger charge is 2.14. The number of carbonyl (C=O) groups is 1. The Morgan fingerprint density at radius 3 is 2.79 bits per heavy atom. The molecule has 1 N–H and O–H groups in total. The van der Waals surface area contributed by atoms with Crippen molar-refractivity contribution in [3.63, 3.8) is 0 Å². The second-order valence-electron chi connectivity index (χ2n) is 6.26. The number of hydrogen-bond acceptors (Lipinski definition) is 5. The van der Waals surface area contributed by atoms with E-state index in [-0.39, 0.29) is 5.91 Å². The van der Waals surface area contributed by atoms with E-state index in [4.69, 9.17) is 0 Å². The van der Waals surface area contributed by atoms with Crippen molar-refractivity contribution in [3.8, 4) is 0 Å². The average molecular weight is 409 g/mol. The van der Waals surface area contributed by atoms with Crippen molar-refractivity contribution in [2.24, 2.45) is 0 Å². The van der Waals surface area contributed by atoms with Crippen LogP contribution in [0.25, 0.3) is 10.8 Å². The number of benzene rings is 2. The standard InChI is InChI=1S/C21H20N4OS2/c1-2-25-19(13-16-9-6-12-27-16)23-24-21(25)28-14-20(26)22-18-11-5-8-15-7-3-4-10-17(15)18/h3-12H,2,13-14H2,1H3,(H,22,26). The first-order valence-corrected chi connectivity index (χ1v) is 11.0. The average Bonchev–Trinajstić information content (AvgIpc) is 3.36. The fraction of sp³-hybridized carbons (Fsp3) is 0.190. The van der Waals surface area contributed by atoms with E-state index < -0.39 is 0 Å². The van der Waals surface area contributed by atoms with Gasteiger partial charge in [0.25, 0.3) is 0 Å². The van der Waals surface area contributed by atoms with Crippen LogP contribution in [-0.4, -0.2) is 26.4 Å². The number of thiophene rings is 1. The molecule has 0 saturated carbocycles. The minimum atomic E-state index is -0.0492. The van der Waals surface area contributed by atoms with Gasteiger partial charge in [-0.25, -0.2) is 0 Å². The zero-order valence-corrected chi connectivity index (χ0v) is 17.1. The third-order valence-corrected chi connectivity index (χ3v) is 6.26. The number of fused-ring (bicyclic) bond motifs is 1. The number of carbonyl (C=O) groups excluding carboxylic acids is 1. The van der Waals surface area contributed by atoms with Crippen LogP contribution in [0.2, 0.25) is 0 Å². The number of aromatic nitrogens is 3. The summed E-state index contributed by atoms with van der Waals surface area (Å²) >= 11 is 3.13. The Bertz CT molecular complexity index is 1080. The van der Waals surface area contributed by atoms with Crippen LogP contribution in [0.1, 0.15) is 17.6 Å². The van der Waals surface area contributed by atoms with Crippen LogP contribution in [0.4, 0.5) is 5.69 Å². The third-order valence-electron chi connectivity index (χ3n) is 4.42. The molecule has 0 aliphatic heterocycles. The number of nitrogens with one attached hydrogen (secondary N) is 1. The van der Waals surface area contributed by atoms with Crippen molar-refractivity contribution in [1.82, 2.24) is 14.8 Å². The molecular formula is C21H20N4OS2. The van der Waals surface area contributed by atoms with Crippen molar-refractivity contribution in [2.75, 3.05) is 11.1 Å². The van der Waals surface area contributed by atoms with Crippen molar-refractivity contribution < 1.29 is 4.79 Å². The summed E-state index contributed by atoms with van der Waals surface area (Å²) in [6, 6.07) is 18.1. The molecule has 0 aliphatic rings. The lowest BCUT2D eigenvalue weighted by Crippen LogP contribution is -2.15. The van der Waals surface area contributed by atoms with Crippen LogP contribution in [0.5, 0.6) is 0 Å². The molecule has 1 amide bonds. The minimum absolute atomic E-state index is 0.0492. The summed E-state index contributed by atoms with van der Waals surface area (Å²) in [7, 11) is 0. The Hall–Kier alpha value is -2.64. The predicted octanol–water partition coefficient (Wildman–Crippen LogP) is 4.83. The number of thioether (sulfide) groups is 1. The number of hydrogen-bond donors (Lipinski definition) is 1. The van der Waals surface area contributed by atoms with Crippen LogP contribution in [-0.2, 0) is 17.8 Å². The Labute approximate surface area is 171 Å². The lowest BCUT2D eigenvalue weighted by molar-refractivity contribution is -0.113. The lowest BCUT2D eigenvalue weighted by Gasteiger charge is -2.09. The fourth-order valence-corrected chi connectivity index (χ4v) is 4.62. The minimum Gasteiger partial charge on any atom is -0.325 e. The molecule has 0 saturated heterocycles. The number of nitrogens with zero attached hydrogens (tertiary/aromatic N) is 3. The van der Waals surface area contributed by atoms with Gasteiger partial charge in [0.15, 0.2) is 5.16 Å². The van der Waals surface area contributed by atoms with E-state index >= 15 is 0 Å². The molecule has 4 rings (SSSR count). The van der Waals surface area contributed by atoms with Gasteiger partial charge in [-0.05, 0) is 29.8 Å². The van der Waals surface area contributed by atoms with Gasteiger partial charge in [-0.3, -0.25) is 4.79 Å². The summed E-state index contributed by atoms with van der Waals surface area (Å²) in [6.45, 7) is 2.85. The van der Waals surface area contributed by atoms with E-state index in [2.05, 4.69) is 38.5 Å². The highest BCUT2D eigenvalue weighted by Crippen LogP contribution is 2.24. The molecule has 28 heavy (non-hydrogen) atoms. The third kappa shape index (κ3) is 4.10. The molecule has 0 fully saturated rings. The van der Waals surface area contributed by atoms with Crippen molar-refractivity contribution in [2.45, 2.75) is 25.0 Å². The molecular weight excluding hydrogens is 388 g/mol. The smallest absolute Gasteiger partial charge is 0.234 e. The van der Waals surface area contributed by atoms with Crippen LogP contribution in [0.15, 0.2) is 65.1 Å². The maximum absolute atomic E-state index is 12.5. The quantitative estimate of drug-likeness (QED) is 0.445. The summed E-state index contributed by atoms with van der Waals surface area (Å²) in [5.41, 5.74) is 0.832. The molecule has 2 aromatic carbocycles. The van der Waals surface area contributed by atoms with Gasteiger partial charge in [0.1, 0.15) is 5.82 Å². The number of anilines is 1. The number of rotatable bonds is 7. The molecule has 4 aromatic rings. The van der Waals surface area contributed by atoms with Crippen LogP contribution in [0.3, 0.4) is 0 Å². The molecule has 142 valence electrons. The summed E-state index contributed by atoms with van der Waals surface area (Å²) in [6.07, 6.45) is 0.765. The predicted molar refractivity (Wildman–Crippen MR) is 116 cm³/mol. The molecule has 5 nitrogen and oxygen atoms in total. The first-order chi connectivity index (χ1) is 13.7. The zero-order chi connectivity index (χ0) is 19.3. The Morgan fingerprint density at radius 1 is 1.11 bits per heavy atom. The van der Waals surface area contributed by atoms with Crippen molar-refractivity contribution in [3.05, 3.63) is 70.7 Å². The van der Waals surface area contributed by atoms with E-state index in [1.807, 2.05) is 48.5 Å². The molecule has 2 aromatic heterocycles. The van der Waals surface area contributed by atoms with Gasteiger partial charge in [-0.2, -0.15) is 0 Å². The topological polar surface area (TPSA) is 59.8 Å². The number of amides is 1. The molecule has 0 unspecified atom stereocenters. The Kier molecular flexibility index (Phi) is 5.73. The van der Waals surface area contributed by atoms with Gasteiger partial charge in [0, 0.05) is 28.9 Å². The maximum atomic E-state index is 12.5. The first-order valence-electron chi connectivity index (χ1n) is 9.09. The van der Waals surface area contributed by atoms with Gasteiger partial charge in [0.2, 0.25) is 5.91 Å². The second-order valence-corrected chi connectivity index (χ2v) is 8.24. The highest BCUT2D eigenvalue weighted by molar-refractivity contribution is 7.99. The summed E-state index contributed by atoms with van der Waals surface area (Å²) in [5, 5.41) is 16.6. The van der Waals surface area contributed by atoms with E-state index in [0.29, 0.717) is 5.75 Å². The van der Waals surface area contributed by atoms with Gasteiger partial charge in [-0.1, -0.05) is 54.2 Å². The molecule has 0 bridgehead atoms. The monoisotopic (exact) mass is 408 g/mol. The Morgan fingerprint density at radius 2 is 1.96 bits per heavy atom. The molecule has 2 heterocycles. The normalized spacial score (nSPS) is 11.0. The zero-order valence-electron chi connectivity index (χ0n) is 15.5. The van der Waals surface area contributed by atoms with E-state index in [9.17, 15) is 4.79 Å². The van der Waals surface area contributed by atoms with Crippen LogP contribution in [0, 0.1) is 0 Å². The summed E-state index contributed by atoms with van der Waals surface area (Å²) in [5.74, 6) is 1.18. The lowest BCUT2D eigenvalue weighted by atomic mass is 10.1. The molecule has 0 radical (unpaired) electrons.